The van der Waals surface area contributed by atoms with Crippen LogP contribution in [0.15, 0.2) is 67.3 Å². The zero-order valence-corrected chi connectivity index (χ0v) is 24.1. The molecule has 200 valence electrons. The smallest absolute Gasteiger partial charge is 0.287 e. The van der Waals surface area contributed by atoms with Crippen LogP contribution in [-0.4, -0.2) is 51.6 Å². The fourth-order valence-electron chi connectivity index (χ4n) is 4.25. The van der Waals surface area contributed by atoms with Crippen LogP contribution < -0.4 is 5.32 Å². The molecule has 10 heteroatoms. The van der Waals surface area contributed by atoms with E-state index in [-0.39, 0.29) is 12.6 Å². The summed E-state index contributed by atoms with van der Waals surface area (Å²) < 4.78 is 7.89. The molecule has 39 heavy (non-hydrogen) atoms. The van der Waals surface area contributed by atoms with Crippen LogP contribution in [0.2, 0.25) is 30.7 Å². The number of carbonyl (C=O) groups excluding carboxylic acids is 1. The van der Waals surface area contributed by atoms with Crippen LogP contribution >= 0.6 is 11.6 Å². The number of halogens is 1. The standard InChI is InChI=1S/C29H31ClN6O2Si/c1-39(2,3)15-14-38-19-36-27-5-4-21(25-17-23(30)22-18-32-12-9-24(22)34-25)16-26(27)35-28(36)29(37)33-13-8-20-6-10-31-11-7-20/h4-7,9-12,16-18H,8,13-15,19H2,1-3H3,(H,33,37). The minimum atomic E-state index is -1.24. The molecule has 0 bridgehead atoms. The topological polar surface area (TPSA) is 94.8 Å². The van der Waals surface area contributed by atoms with Crippen LogP contribution in [-0.2, 0) is 17.9 Å². The Bertz CT molecular complexity index is 1620. The number of amides is 1. The zero-order chi connectivity index (χ0) is 27.4. The lowest BCUT2D eigenvalue weighted by Gasteiger charge is -2.16. The van der Waals surface area contributed by atoms with E-state index < -0.39 is 8.07 Å². The molecule has 0 aliphatic heterocycles. The van der Waals surface area contributed by atoms with Gasteiger partial charge in [-0.25, -0.2) is 9.97 Å². The van der Waals surface area contributed by atoms with Crippen molar-refractivity contribution in [2.24, 2.45) is 0 Å². The summed E-state index contributed by atoms with van der Waals surface area (Å²) in [5, 5.41) is 4.39. The molecule has 0 fully saturated rings. The first-order chi connectivity index (χ1) is 18.8. The maximum atomic E-state index is 13.3. The summed E-state index contributed by atoms with van der Waals surface area (Å²) in [7, 11) is -1.24. The zero-order valence-electron chi connectivity index (χ0n) is 22.3. The van der Waals surface area contributed by atoms with E-state index in [4.69, 9.17) is 26.3 Å². The summed E-state index contributed by atoms with van der Waals surface area (Å²) in [5.41, 5.74) is 4.97. The molecule has 0 spiro atoms. The van der Waals surface area contributed by atoms with Crippen molar-refractivity contribution in [3.8, 4) is 11.3 Å². The molecule has 0 radical (unpaired) electrons. The normalized spacial score (nSPS) is 11.8. The van der Waals surface area contributed by atoms with Gasteiger partial charge in [0.25, 0.3) is 5.91 Å². The number of aromatic nitrogens is 5. The number of fused-ring (bicyclic) bond motifs is 2. The van der Waals surface area contributed by atoms with Crippen molar-refractivity contribution >= 4 is 47.5 Å². The van der Waals surface area contributed by atoms with Gasteiger partial charge in [-0.2, -0.15) is 0 Å². The average Bonchev–Trinajstić information content (AvgIpc) is 3.29. The first kappa shape index (κ1) is 26.9. The Morgan fingerprint density at radius 2 is 1.79 bits per heavy atom. The van der Waals surface area contributed by atoms with Gasteiger partial charge in [-0.1, -0.05) is 37.3 Å². The van der Waals surface area contributed by atoms with Gasteiger partial charge in [0.05, 0.1) is 27.3 Å². The number of imidazole rings is 1. The summed E-state index contributed by atoms with van der Waals surface area (Å²) in [6.45, 7) is 8.33. The Morgan fingerprint density at radius 3 is 2.59 bits per heavy atom. The van der Waals surface area contributed by atoms with Crippen molar-refractivity contribution in [3.63, 3.8) is 0 Å². The molecule has 0 aliphatic carbocycles. The van der Waals surface area contributed by atoms with E-state index in [1.165, 1.54) is 0 Å². The second kappa shape index (κ2) is 11.6. The molecule has 0 atom stereocenters. The summed E-state index contributed by atoms with van der Waals surface area (Å²) in [6, 6.07) is 14.5. The van der Waals surface area contributed by atoms with Gasteiger partial charge in [0, 0.05) is 57.0 Å². The number of pyridine rings is 3. The number of nitrogens with one attached hydrogen (secondary N) is 1. The minimum Gasteiger partial charge on any atom is -0.361 e. The molecule has 0 saturated carbocycles. The Kier molecular flexibility index (Phi) is 8.01. The van der Waals surface area contributed by atoms with E-state index in [9.17, 15) is 4.79 Å². The summed E-state index contributed by atoms with van der Waals surface area (Å²) in [6.07, 6.45) is 7.61. The van der Waals surface area contributed by atoms with Crippen LogP contribution in [0.25, 0.3) is 33.2 Å². The lowest BCUT2D eigenvalue weighted by Crippen LogP contribution is -2.29. The van der Waals surface area contributed by atoms with Gasteiger partial charge in [0.15, 0.2) is 0 Å². The molecular formula is C29H31ClN6O2Si. The Hall–Kier alpha value is -3.66. The Labute approximate surface area is 233 Å². The van der Waals surface area contributed by atoms with E-state index in [0.29, 0.717) is 35.9 Å². The number of nitrogens with zero attached hydrogens (tertiary/aromatic N) is 5. The van der Waals surface area contributed by atoms with Crippen LogP contribution in [0.5, 0.6) is 0 Å². The number of hydrogen-bond acceptors (Lipinski definition) is 6. The third-order valence-corrected chi connectivity index (χ3v) is 8.49. The van der Waals surface area contributed by atoms with Crippen LogP contribution in [0.4, 0.5) is 0 Å². The highest BCUT2D eigenvalue weighted by Gasteiger charge is 2.19. The van der Waals surface area contributed by atoms with Gasteiger partial charge in [-0.05, 0) is 54.4 Å². The molecule has 1 aromatic carbocycles. The molecule has 4 heterocycles. The molecule has 1 N–H and O–H groups in total. The number of carbonyl (C=O) groups is 1. The highest BCUT2D eigenvalue weighted by atomic mass is 35.5. The second-order valence-electron chi connectivity index (χ2n) is 10.7. The van der Waals surface area contributed by atoms with Gasteiger partial charge in [-0.15, -0.1) is 0 Å². The highest BCUT2D eigenvalue weighted by Crippen LogP contribution is 2.29. The quantitative estimate of drug-likeness (QED) is 0.167. The predicted octanol–water partition coefficient (Wildman–Crippen LogP) is 5.98. The number of rotatable bonds is 10. The van der Waals surface area contributed by atoms with Gasteiger partial charge >= 0.3 is 0 Å². The van der Waals surface area contributed by atoms with Gasteiger partial charge in [-0.3, -0.25) is 19.3 Å². The third kappa shape index (κ3) is 6.50. The lowest BCUT2D eigenvalue weighted by atomic mass is 10.1. The SMILES string of the molecule is C[Si](C)(C)CCOCn1c(C(=O)NCCc2ccncc2)nc2cc(-c3cc(Cl)c4cnccc4n3)ccc21. The molecule has 4 aromatic heterocycles. The van der Waals surface area contributed by atoms with E-state index in [2.05, 4.69) is 34.9 Å². The summed E-state index contributed by atoms with van der Waals surface area (Å²) in [5.74, 6) is 0.0791. The van der Waals surface area contributed by atoms with E-state index in [0.717, 1.165) is 39.3 Å². The van der Waals surface area contributed by atoms with E-state index >= 15 is 0 Å². The Balaban J connectivity index is 1.43. The van der Waals surface area contributed by atoms with Crippen LogP contribution in [0, 0.1) is 0 Å². The summed E-state index contributed by atoms with van der Waals surface area (Å²) in [4.78, 5) is 31.0. The maximum Gasteiger partial charge on any atom is 0.287 e. The fraction of sp³-hybridized carbons (Fsp3) is 0.276. The first-order valence-corrected chi connectivity index (χ1v) is 17.0. The number of hydrogen-bond donors (Lipinski definition) is 1. The molecule has 0 saturated heterocycles. The van der Waals surface area contributed by atoms with Crippen molar-refractivity contribution in [2.75, 3.05) is 13.2 Å². The van der Waals surface area contributed by atoms with Crippen molar-refractivity contribution in [2.45, 2.75) is 38.8 Å². The molecule has 5 rings (SSSR count). The summed E-state index contributed by atoms with van der Waals surface area (Å²) >= 11 is 6.53. The minimum absolute atomic E-state index is 0.241. The molecule has 5 aromatic rings. The van der Waals surface area contributed by atoms with Crippen LogP contribution in [0.1, 0.15) is 16.2 Å². The molecule has 0 aliphatic rings. The molecule has 0 unspecified atom stereocenters. The van der Waals surface area contributed by atoms with Crippen molar-refractivity contribution in [1.29, 1.82) is 0 Å². The highest BCUT2D eigenvalue weighted by molar-refractivity contribution is 6.76. The van der Waals surface area contributed by atoms with Gasteiger partial charge in [0.1, 0.15) is 6.73 Å². The molecular weight excluding hydrogens is 528 g/mol. The largest absolute Gasteiger partial charge is 0.361 e. The maximum absolute atomic E-state index is 13.3. The van der Waals surface area contributed by atoms with Gasteiger partial charge < -0.3 is 10.1 Å². The number of benzene rings is 1. The fourth-order valence-corrected chi connectivity index (χ4v) is 5.26. The average molecular weight is 559 g/mol. The molecule has 8 nitrogen and oxygen atoms in total. The monoisotopic (exact) mass is 558 g/mol. The van der Waals surface area contributed by atoms with Gasteiger partial charge in [0.2, 0.25) is 5.82 Å². The molecule has 1 amide bonds. The van der Waals surface area contributed by atoms with E-state index in [1.807, 2.05) is 47.0 Å². The van der Waals surface area contributed by atoms with Crippen molar-refractivity contribution in [3.05, 3.63) is 83.7 Å². The second-order valence-corrected chi connectivity index (χ2v) is 16.7. The van der Waals surface area contributed by atoms with Crippen molar-refractivity contribution in [1.82, 2.24) is 29.8 Å². The van der Waals surface area contributed by atoms with Crippen molar-refractivity contribution < 1.29 is 9.53 Å². The first-order valence-electron chi connectivity index (χ1n) is 12.9. The predicted molar refractivity (Wildman–Crippen MR) is 158 cm³/mol. The van der Waals surface area contributed by atoms with Crippen LogP contribution in [0.3, 0.4) is 0 Å². The van der Waals surface area contributed by atoms with E-state index in [1.54, 1.807) is 24.8 Å². The third-order valence-electron chi connectivity index (χ3n) is 6.47. The number of ether oxygens (including phenoxy) is 1. The Morgan fingerprint density at radius 1 is 1.00 bits per heavy atom. The lowest BCUT2D eigenvalue weighted by molar-refractivity contribution is 0.0803.